The fourth-order valence-corrected chi connectivity index (χ4v) is 3.13. The molecule has 4 heteroatoms. The van der Waals surface area contributed by atoms with Crippen molar-refractivity contribution in [1.82, 2.24) is 15.3 Å². The molecule has 0 radical (unpaired) electrons. The highest BCUT2D eigenvalue weighted by atomic mass is 32.1. The first-order valence-corrected chi connectivity index (χ1v) is 8.12. The van der Waals surface area contributed by atoms with Gasteiger partial charge in [-0.2, -0.15) is 0 Å². The molecule has 0 amide bonds. The molecule has 3 nitrogen and oxygen atoms in total. The van der Waals surface area contributed by atoms with Crippen molar-refractivity contribution in [3.63, 3.8) is 0 Å². The summed E-state index contributed by atoms with van der Waals surface area (Å²) in [7, 11) is 0. The molecule has 2 aromatic heterocycles. The molecule has 0 fully saturated rings. The predicted molar refractivity (Wildman–Crippen MR) is 85.9 cm³/mol. The van der Waals surface area contributed by atoms with Crippen LogP contribution < -0.4 is 5.32 Å². The van der Waals surface area contributed by atoms with Crippen LogP contribution in [0.25, 0.3) is 10.6 Å². The Morgan fingerprint density at radius 1 is 1.25 bits per heavy atom. The van der Waals surface area contributed by atoms with Gasteiger partial charge in [0.25, 0.3) is 0 Å². The van der Waals surface area contributed by atoms with E-state index in [4.69, 9.17) is 4.98 Å². The lowest BCUT2D eigenvalue weighted by Crippen LogP contribution is -2.14. The lowest BCUT2D eigenvalue weighted by molar-refractivity contribution is 0.623. The molecule has 0 aliphatic carbocycles. The Labute approximate surface area is 125 Å². The standard InChI is InChI=1S/C16H23N3S/c1-4-7-18-11-15-14(10-12(2)3)19-16(20-15)13-5-8-17-9-6-13/h5-6,8-9,12,18H,4,7,10-11H2,1-3H3. The zero-order valence-electron chi connectivity index (χ0n) is 12.5. The molecular weight excluding hydrogens is 266 g/mol. The van der Waals surface area contributed by atoms with Crippen LogP contribution in [0.3, 0.4) is 0 Å². The molecule has 0 bridgehead atoms. The highest BCUT2D eigenvalue weighted by Gasteiger charge is 2.13. The maximum atomic E-state index is 4.85. The first-order chi connectivity index (χ1) is 9.70. The third kappa shape index (κ3) is 4.12. The molecule has 0 spiro atoms. The molecule has 0 unspecified atom stereocenters. The lowest BCUT2D eigenvalue weighted by atomic mass is 10.1. The summed E-state index contributed by atoms with van der Waals surface area (Å²) in [6.07, 6.45) is 5.86. The zero-order valence-corrected chi connectivity index (χ0v) is 13.3. The molecule has 2 rings (SSSR count). The number of rotatable bonds is 7. The number of thiazole rings is 1. The number of hydrogen-bond acceptors (Lipinski definition) is 4. The first-order valence-electron chi connectivity index (χ1n) is 7.30. The summed E-state index contributed by atoms with van der Waals surface area (Å²) in [5.41, 5.74) is 2.41. The van der Waals surface area contributed by atoms with E-state index < -0.39 is 0 Å². The summed E-state index contributed by atoms with van der Waals surface area (Å²) in [5.74, 6) is 0.632. The molecule has 1 N–H and O–H groups in total. The minimum atomic E-state index is 0.632. The van der Waals surface area contributed by atoms with Gasteiger partial charge in [0.2, 0.25) is 0 Å². The van der Waals surface area contributed by atoms with E-state index in [2.05, 4.69) is 31.1 Å². The van der Waals surface area contributed by atoms with Gasteiger partial charge in [-0.3, -0.25) is 4.98 Å². The topological polar surface area (TPSA) is 37.8 Å². The molecule has 0 aromatic carbocycles. The van der Waals surface area contributed by atoms with E-state index in [1.54, 1.807) is 11.3 Å². The van der Waals surface area contributed by atoms with E-state index in [-0.39, 0.29) is 0 Å². The Bertz CT molecular complexity index is 520. The Morgan fingerprint density at radius 3 is 2.65 bits per heavy atom. The van der Waals surface area contributed by atoms with E-state index in [9.17, 15) is 0 Å². The minimum Gasteiger partial charge on any atom is -0.312 e. The number of pyridine rings is 1. The number of hydrogen-bond donors (Lipinski definition) is 1. The van der Waals surface area contributed by atoms with Crippen molar-refractivity contribution in [1.29, 1.82) is 0 Å². The zero-order chi connectivity index (χ0) is 14.4. The van der Waals surface area contributed by atoms with E-state index in [0.717, 1.165) is 36.5 Å². The average molecular weight is 289 g/mol. The highest BCUT2D eigenvalue weighted by molar-refractivity contribution is 7.15. The number of nitrogens with one attached hydrogen (secondary N) is 1. The molecule has 0 saturated carbocycles. The number of aromatic nitrogens is 2. The molecule has 0 aliphatic heterocycles. The molecule has 108 valence electrons. The van der Waals surface area contributed by atoms with Crippen molar-refractivity contribution in [2.75, 3.05) is 6.54 Å². The van der Waals surface area contributed by atoms with Gasteiger partial charge < -0.3 is 5.32 Å². The predicted octanol–water partition coefficient (Wildman–Crippen LogP) is 3.90. The second-order valence-electron chi connectivity index (χ2n) is 5.40. The largest absolute Gasteiger partial charge is 0.312 e. The van der Waals surface area contributed by atoms with Crippen molar-refractivity contribution in [2.24, 2.45) is 5.92 Å². The molecule has 2 heterocycles. The van der Waals surface area contributed by atoms with Gasteiger partial charge in [-0.05, 0) is 37.4 Å². The van der Waals surface area contributed by atoms with Crippen molar-refractivity contribution < 1.29 is 0 Å². The van der Waals surface area contributed by atoms with E-state index in [0.29, 0.717) is 5.92 Å². The van der Waals surface area contributed by atoms with Crippen molar-refractivity contribution >= 4 is 11.3 Å². The van der Waals surface area contributed by atoms with Gasteiger partial charge in [-0.25, -0.2) is 4.98 Å². The Kier molecular flexibility index (Phi) is 5.68. The highest BCUT2D eigenvalue weighted by Crippen LogP contribution is 2.29. The van der Waals surface area contributed by atoms with Crippen LogP contribution in [-0.4, -0.2) is 16.5 Å². The lowest BCUT2D eigenvalue weighted by Gasteiger charge is -2.05. The van der Waals surface area contributed by atoms with Gasteiger partial charge in [0.15, 0.2) is 0 Å². The van der Waals surface area contributed by atoms with Crippen LogP contribution in [-0.2, 0) is 13.0 Å². The van der Waals surface area contributed by atoms with E-state index in [1.165, 1.54) is 10.6 Å². The molecule has 0 saturated heterocycles. The fourth-order valence-electron chi connectivity index (χ4n) is 2.06. The van der Waals surface area contributed by atoms with Crippen molar-refractivity contribution in [2.45, 2.75) is 40.2 Å². The average Bonchev–Trinajstić information content (AvgIpc) is 2.83. The van der Waals surface area contributed by atoms with Crippen LogP contribution >= 0.6 is 11.3 Å². The van der Waals surface area contributed by atoms with Crippen LogP contribution in [0.15, 0.2) is 24.5 Å². The monoisotopic (exact) mass is 289 g/mol. The van der Waals surface area contributed by atoms with Gasteiger partial charge in [0.05, 0.1) is 5.69 Å². The van der Waals surface area contributed by atoms with E-state index in [1.807, 2.05) is 24.5 Å². The van der Waals surface area contributed by atoms with E-state index >= 15 is 0 Å². The third-order valence-corrected chi connectivity index (χ3v) is 4.17. The third-order valence-electron chi connectivity index (χ3n) is 3.02. The van der Waals surface area contributed by atoms with Crippen LogP contribution in [0.5, 0.6) is 0 Å². The second kappa shape index (κ2) is 7.50. The Hall–Kier alpha value is -1.26. The Morgan fingerprint density at radius 2 is 2.00 bits per heavy atom. The maximum absolute atomic E-state index is 4.85. The summed E-state index contributed by atoms with van der Waals surface area (Å²) < 4.78 is 0. The van der Waals surface area contributed by atoms with Gasteiger partial charge >= 0.3 is 0 Å². The smallest absolute Gasteiger partial charge is 0.124 e. The SMILES string of the molecule is CCCNCc1sc(-c2ccncc2)nc1CC(C)C. The van der Waals surface area contributed by atoms with Crippen LogP contribution in [0, 0.1) is 5.92 Å². The summed E-state index contributed by atoms with van der Waals surface area (Å²) in [5, 5.41) is 4.60. The molecule has 0 aliphatic rings. The quantitative estimate of drug-likeness (QED) is 0.785. The summed E-state index contributed by atoms with van der Waals surface area (Å²) in [6, 6.07) is 4.06. The van der Waals surface area contributed by atoms with Crippen LogP contribution in [0.2, 0.25) is 0 Å². The summed E-state index contributed by atoms with van der Waals surface area (Å²) >= 11 is 1.80. The molecular formula is C16H23N3S. The van der Waals surface area contributed by atoms with Crippen molar-refractivity contribution in [3.05, 3.63) is 35.1 Å². The minimum absolute atomic E-state index is 0.632. The fraction of sp³-hybridized carbons (Fsp3) is 0.500. The second-order valence-corrected chi connectivity index (χ2v) is 6.48. The van der Waals surface area contributed by atoms with Crippen molar-refractivity contribution in [3.8, 4) is 10.6 Å². The summed E-state index contributed by atoms with van der Waals surface area (Å²) in [4.78, 5) is 10.3. The summed E-state index contributed by atoms with van der Waals surface area (Å²) in [6.45, 7) is 8.67. The Balaban J connectivity index is 2.22. The van der Waals surface area contributed by atoms with Gasteiger partial charge in [0, 0.05) is 29.4 Å². The molecule has 20 heavy (non-hydrogen) atoms. The van der Waals surface area contributed by atoms with Gasteiger partial charge in [-0.1, -0.05) is 20.8 Å². The first kappa shape index (κ1) is 15.1. The van der Waals surface area contributed by atoms with Crippen LogP contribution in [0.4, 0.5) is 0 Å². The molecule has 0 atom stereocenters. The maximum Gasteiger partial charge on any atom is 0.124 e. The van der Waals surface area contributed by atoms with Gasteiger partial charge in [-0.15, -0.1) is 11.3 Å². The normalized spacial score (nSPS) is 11.2. The number of nitrogens with zero attached hydrogens (tertiary/aromatic N) is 2. The van der Waals surface area contributed by atoms with Gasteiger partial charge in [0.1, 0.15) is 5.01 Å². The van der Waals surface area contributed by atoms with Crippen LogP contribution in [0.1, 0.15) is 37.8 Å². The molecule has 2 aromatic rings.